The highest BCUT2D eigenvalue weighted by atomic mass is 16.5. The van der Waals surface area contributed by atoms with Gasteiger partial charge in [0, 0.05) is 20.2 Å². The predicted octanol–water partition coefficient (Wildman–Crippen LogP) is -1.02. The molecule has 0 rings (SSSR count). The second kappa shape index (κ2) is 6.44. The third kappa shape index (κ3) is 5.09. The van der Waals surface area contributed by atoms with Gasteiger partial charge >= 0.3 is 0 Å². The number of methoxy groups -OCH3 is 1. The minimum absolute atomic E-state index is 0.182. The smallest absolute Gasteiger partial charge is 0.224 e. The molecule has 0 fully saturated rings. The molecule has 0 aliphatic heterocycles. The molecule has 0 aromatic heterocycles. The largest absolute Gasteiger partial charge is 0.380 e. The Kier molecular flexibility index (Phi) is 5.98. The molecule has 0 spiro atoms. The first kappa shape index (κ1) is 14.9. The Morgan fingerprint density at radius 3 is 2.38 bits per heavy atom. The number of ether oxygens (including phenoxy) is 1. The number of carbonyl (C=O) groups is 2. The Morgan fingerprint density at radius 2 is 2.00 bits per heavy atom. The van der Waals surface area contributed by atoms with E-state index in [9.17, 15) is 9.59 Å². The van der Waals surface area contributed by atoms with Gasteiger partial charge in [0.15, 0.2) is 0 Å². The normalized spacial score (nSPS) is 13.2. The van der Waals surface area contributed by atoms with Crippen molar-refractivity contribution in [2.75, 3.05) is 20.2 Å². The number of nitrogens with two attached hydrogens (primary N) is 2. The van der Waals surface area contributed by atoms with Gasteiger partial charge in [-0.3, -0.25) is 9.59 Å². The van der Waals surface area contributed by atoms with Crippen LogP contribution in [0, 0.1) is 5.41 Å². The Balaban J connectivity index is 4.03. The van der Waals surface area contributed by atoms with Gasteiger partial charge in [0.05, 0.1) is 17.9 Å². The van der Waals surface area contributed by atoms with Gasteiger partial charge in [-0.2, -0.15) is 0 Å². The van der Waals surface area contributed by atoms with Crippen molar-refractivity contribution in [2.24, 2.45) is 16.9 Å². The summed E-state index contributed by atoms with van der Waals surface area (Å²) in [4.78, 5) is 22.4. The Morgan fingerprint density at radius 1 is 1.44 bits per heavy atom. The molecule has 0 aromatic carbocycles. The lowest BCUT2D eigenvalue weighted by molar-refractivity contribution is -0.127. The van der Waals surface area contributed by atoms with E-state index in [0.29, 0.717) is 0 Å². The second-order valence-electron chi connectivity index (χ2n) is 4.32. The van der Waals surface area contributed by atoms with Gasteiger partial charge in [0.25, 0.3) is 0 Å². The predicted molar refractivity (Wildman–Crippen MR) is 60.5 cm³/mol. The van der Waals surface area contributed by atoms with E-state index < -0.39 is 11.3 Å². The first-order valence-corrected chi connectivity index (χ1v) is 5.13. The maximum atomic E-state index is 11.4. The van der Waals surface area contributed by atoms with Crippen molar-refractivity contribution < 1.29 is 14.3 Å². The van der Waals surface area contributed by atoms with Crippen LogP contribution < -0.4 is 16.8 Å². The average Bonchev–Trinajstić information content (AvgIpc) is 2.23. The Labute approximate surface area is 95.7 Å². The van der Waals surface area contributed by atoms with Crippen molar-refractivity contribution in [1.29, 1.82) is 0 Å². The minimum atomic E-state index is -0.749. The highest BCUT2D eigenvalue weighted by Crippen LogP contribution is 2.11. The lowest BCUT2D eigenvalue weighted by atomic mass is 9.93. The number of rotatable bonds is 7. The van der Waals surface area contributed by atoms with Gasteiger partial charge in [-0.25, -0.2) is 0 Å². The second-order valence-corrected chi connectivity index (χ2v) is 4.32. The van der Waals surface area contributed by atoms with E-state index in [0.717, 1.165) is 0 Å². The van der Waals surface area contributed by atoms with Crippen LogP contribution in [0.5, 0.6) is 0 Å². The van der Waals surface area contributed by atoms with Crippen LogP contribution in [0.25, 0.3) is 0 Å². The first-order chi connectivity index (χ1) is 7.33. The third-order valence-electron chi connectivity index (χ3n) is 2.40. The van der Waals surface area contributed by atoms with Gasteiger partial charge in [-0.05, 0) is 13.8 Å². The van der Waals surface area contributed by atoms with Crippen LogP contribution in [-0.4, -0.2) is 38.1 Å². The SMILES string of the molecule is COC(CN)CC(=O)NCC(C)(C)C(N)=O. The molecule has 0 saturated heterocycles. The fraction of sp³-hybridized carbons (Fsp3) is 0.800. The summed E-state index contributed by atoms with van der Waals surface area (Å²) in [5.41, 5.74) is 9.81. The summed E-state index contributed by atoms with van der Waals surface area (Å²) in [5.74, 6) is -0.651. The van der Waals surface area contributed by atoms with E-state index in [1.165, 1.54) is 7.11 Å². The summed E-state index contributed by atoms with van der Waals surface area (Å²) in [6, 6.07) is 0. The van der Waals surface area contributed by atoms with Crippen LogP contribution in [-0.2, 0) is 14.3 Å². The Bertz CT molecular complexity index is 250. The van der Waals surface area contributed by atoms with E-state index in [2.05, 4.69) is 5.32 Å². The van der Waals surface area contributed by atoms with Gasteiger partial charge < -0.3 is 21.5 Å². The summed E-state index contributed by atoms with van der Waals surface area (Å²) in [6.45, 7) is 3.84. The molecule has 2 amide bonds. The van der Waals surface area contributed by atoms with Crippen LogP contribution in [0.1, 0.15) is 20.3 Å². The van der Waals surface area contributed by atoms with Crippen molar-refractivity contribution in [1.82, 2.24) is 5.32 Å². The molecule has 16 heavy (non-hydrogen) atoms. The summed E-state index contributed by atoms with van der Waals surface area (Å²) in [7, 11) is 1.50. The maximum absolute atomic E-state index is 11.4. The summed E-state index contributed by atoms with van der Waals surface area (Å²) in [6.07, 6.45) is -0.112. The van der Waals surface area contributed by atoms with Gasteiger partial charge in [-0.15, -0.1) is 0 Å². The average molecular weight is 231 g/mol. The molecular weight excluding hydrogens is 210 g/mol. The van der Waals surface area contributed by atoms with Crippen LogP contribution in [0.2, 0.25) is 0 Å². The maximum Gasteiger partial charge on any atom is 0.224 e. The molecule has 0 heterocycles. The molecule has 0 aliphatic carbocycles. The molecule has 1 unspecified atom stereocenters. The molecule has 94 valence electrons. The zero-order valence-electron chi connectivity index (χ0n) is 10.1. The topological polar surface area (TPSA) is 107 Å². The third-order valence-corrected chi connectivity index (χ3v) is 2.40. The summed E-state index contributed by atoms with van der Waals surface area (Å²) >= 11 is 0. The van der Waals surface area contributed by atoms with Crippen molar-refractivity contribution >= 4 is 11.8 Å². The zero-order chi connectivity index (χ0) is 12.8. The van der Waals surface area contributed by atoms with Crippen molar-refractivity contribution in [3.05, 3.63) is 0 Å². The monoisotopic (exact) mass is 231 g/mol. The fourth-order valence-corrected chi connectivity index (χ4v) is 0.949. The molecule has 0 saturated carbocycles. The summed E-state index contributed by atoms with van der Waals surface area (Å²) < 4.78 is 4.97. The molecule has 0 bridgehead atoms. The molecule has 0 aromatic rings. The van der Waals surface area contributed by atoms with Crippen LogP contribution in [0.3, 0.4) is 0 Å². The van der Waals surface area contributed by atoms with E-state index in [1.54, 1.807) is 13.8 Å². The van der Waals surface area contributed by atoms with Crippen molar-refractivity contribution in [3.8, 4) is 0 Å². The number of primary amides is 1. The molecule has 0 aliphatic rings. The molecular formula is C10H21N3O3. The van der Waals surface area contributed by atoms with Gasteiger partial charge in [0.1, 0.15) is 0 Å². The van der Waals surface area contributed by atoms with E-state index >= 15 is 0 Å². The molecule has 6 heteroatoms. The minimum Gasteiger partial charge on any atom is -0.380 e. The van der Waals surface area contributed by atoms with Crippen LogP contribution >= 0.6 is 0 Å². The number of carbonyl (C=O) groups excluding carboxylic acids is 2. The van der Waals surface area contributed by atoms with E-state index in [1.807, 2.05) is 0 Å². The standard InChI is InChI=1S/C10H21N3O3/c1-10(2,9(12)15)6-13-8(14)4-7(5-11)16-3/h7H,4-6,11H2,1-3H3,(H2,12,15)(H,13,14). The van der Waals surface area contributed by atoms with Crippen molar-refractivity contribution in [2.45, 2.75) is 26.4 Å². The highest BCUT2D eigenvalue weighted by Gasteiger charge is 2.25. The number of hydrogen-bond donors (Lipinski definition) is 3. The lowest BCUT2D eigenvalue weighted by Gasteiger charge is -2.21. The molecule has 0 radical (unpaired) electrons. The number of hydrogen-bond acceptors (Lipinski definition) is 4. The van der Waals surface area contributed by atoms with Gasteiger partial charge in [0.2, 0.25) is 11.8 Å². The molecule has 1 atom stereocenters. The van der Waals surface area contributed by atoms with Crippen molar-refractivity contribution in [3.63, 3.8) is 0 Å². The Hall–Kier alpha value is -1.14. The van der Waals surface area contributed by atoms with Crippen LogP contribution in [0.15, 0.2) is 0 Å². The lowest BCUT2D eigenvalue weighted by Crippen LogP contribution is -2.43. The summed E-state index contributed by atoms with van der Waals surface area (Å²) in [5, 5.41) is 2.63. The molecule has 6 nitrogen and oxygen atoms in total. The highest BCUT2D eigenvalue weighted by molar-refractivity contribution is 5.82. The zero-order valence-corrected chi connectivity index (χ0v) is 10.1. The first-order valence-electron chi connectivity index (χ1n) is 5.13. The van der Waals surface area contributed by atoms with Gasteiger partial charge in [-0.1, -0.05) is 0 Å². The van der Waals surface area contributed by atoms with E-state index in [-0.39, 0.29) is 31.5 Å². The fourth-order valence-electron chi connectivity index (χ4n) is 0.949. The quantitative estimate of drug-likeness (QED) is 0.521. The van der Waals surface area contributed by atoms with E-state index in [4.69, 9.17) is 16.2 Å². The van der Waals surface area contributed by atoms with Crippen LogP contribution in [0.4, 0.5) is 0 Å². The number of nitrogens with one attached hydrogen (secondary N) is 1. The number of amides is 2. The molecule has 5 N–H and O–H groups in total.